The van der Waals surface area contributed by atoms with E-state index >= 15 is 0 Å². The van der Waals surface area contributed by atoms with Crippen molar-refractivity contribution in [3.63, 3.8) is 0 Å². The van der Waals surface area contributed by atoms with Crippen LogP contribution in [0.3, 0.4) is 0 Å². The number of hydrogen-bond donors (Lipinski definition) is 0. The van der Waals surface area contributed by atoms with Gasteiger partial charge in [0.05, 0.1) is 0 Å². The molecule has 0 aliphatic rings. The Balaban J connectivity index is 1.10. The fraction of sp³-hybridized carbons (Fsp3) is 0. The first-order valence-electron chi connectivity index (χ1n) is 17.2. The summed E-state index contributed by atoms with van der Waals surface area (Å²) in [6.07, 6.45) is 0. The Bertz CT molecular complexity index is 3190. The first kappa shape index (κ1) is 29.0. The minimum absolute atomic E-state index is 0.619. The first-order valence-corrected chi connectivity index (χ1v) is 18.0. The van der Waals surface area contributed by atoms with Crippen LogP contribution >= 0.6 is 11.3 Å². The van der Waals surface area contributed by atoms with Crippen LogP contribution in [-0.2, 0) is 0 Å². The molecule has 11 rings (SSSR count). The van der Waals surface area contributed by atoms with Gasteiger partial charge < -0.3 is 4.42 Å². The summed E-state index contributed by atoms with van der Waals surface area (Å²) in [5.74, 6) is 2.54. The second kappa shape index (κ2) is 11.4. The molecule has 0 atom stereocenters. The van der Waals surface area contributed by atoms with Gasteiger partial charge in [0.15, 0.2) is 23.1 Å². The largest absolute Gasteiger partial charge is 0.435 e. The Kier molecular flexibility index (Phi) is 6.35. The van der Waals surface area contributed by atoms with E-state index in [1.807, 2.05) is 66.7 Å². The van der Waals surface area contributed by atoms with E-state index in [4.69, 9.17) is 24.4 Å². The zero-order valence-electron chi connectivity index (χ0n) is 27.6. The summed E-state index contributed by atoms with van der Waals surface area (Å²) >= 11 is 1.79. The molecule has 3 heterocycles. The Labute approximate surface area is 301 Å². The SMILES string of the molecule is c1ccc(-c2nc(-c3ccc4c(ccc5ccc6ccc7nc(-c8ccccc8)oc7c6c54)c3)nc(-c3ccc4c(c3)sc3ccccc34)n2)cc1. The molecule has 0 aliphatic heterocycles. The summed E-state index contributed by atoms with van der Waals surface area (Å²) in [5.41, 5.74) is 5.42. The summed E-state index contributed by atoms with van der Waals surface area (Å²) in [5, 5.41) is 9.19. The molecule has 0 amide bonds. The van der Waals surface area contributed by atoms with E-state index in [0.717, 1.165) is 65.7 Å². The molecule has 242 valence electrons. The number of aromatic nitrogens is 4. The number of benzene rings is 8. The van der Waals surface area contributed by atoms with Crippen molar-refractivity contribution in [3.05, 3.63) is 158 Å². The molecule has 0 fully saturated rings. The Morgan fingerprint density at radius 3 is 1.73 bits per heavy atom. The molecule has 0 bridgehead atoms. The first-order chi connectivity index (χ1) is 25.7. The van der Waals surface area contributed by atoms with Gasteiger partial charge in [0.2, 0.25) is 5.89 Å². The number of nitrogens with zero attached hydrogens (tertiary/aromatic N) is 4. The second-order valence-corrected chi connectivity index (χ2v) is 14.1. The van der Waals surface area contributed by atoms with Crippen LogP contribution in [0.15, 0.2) is 162 Å². The molecule has 0 radical (unpaired) electrons. The van der Waals surface area contributed by atoms with Crippen molar-refractivity contribution in [3.8, 4) is 45.6 Å². The Morgan fingerprint density at radius 2 is 0.962 bits per heavy atom. The lowest BCUT2D eigenvalue weighted by Crippen LogP contribution is -2.00. The lowest BCUT2D eigenvalue weighted by Gasteiger charge is -2.11. The van der Waals surface area contributed by atoms with Gasteiger partial charge in [-0.15, -0.1) is 11.3 Å². The fourth-order valence-electron chi connectivity index (χ4n) is 7.41. The van der Waals surface area contributed by atoms with Crippen LogP contribution in [0.5, 0.6) is 0 Å². The van der Waals surface area contributed by atoms with E-state index in [1.165, 1.54) is 20.2 Å². The number of hydrogen-bond acceptors (Lipinski definition) is 6. The molecule has 0 saturated carbocycles. The Morgan fingerprint density at radius 1 is 0.385 bits per heavy atom. The van der Waals surface area contributed by atoms with Gasteiger partial charge in [-0.3, -0.25) is 0 Å². The van der Waals surface area contributed by atoms with E-state index < -0.39 is 0 Å². The van der Waals surface area contributed by atoms with Crippen LogP contribution in [0, 0.1) is 0 Å². The van der Waals surface area contributed by atoms with Crippen LogP contribution in [0.4, 0.5) is 0 Å². The molecule has 0 saturated heterocycles. The van der Waals surface area contributed by atoms with Crippen molar-refractivity contribution in [2.24, 2.45) is 0 Å². The topological polar surface area (TPSA) is 64.7 Å². The highest BCUT2D eigenvalue weighted by molar-refractivity contribution is 7.25. The molecule has 0 spiro atoms. The van der Waals surface area contributed by atoms with Gasteiger partial charge in [0, 0.05) is 53.2 Å². The van der Waals surface area contributed by atoms with E-state index in [-0.39, 0.29) is 0 Å². The molecule has 0 N–H and O–H groups in total. The normalized spacial score (nSPS) is 11.8. The monoisotopic (exact) mass is 682 g/mol. The number of fused-ring (bicyclic) bond motifs is 10. The highest BCUT2D eigenvalue weighted by Crippen LogP contribution is 2.40. The predicted octanol–water partition coefficient (Wildman–Crippen LogP) is 12.5. The fourth-order valence-corrected chi connectivity index (χ4v) is 8.55. The third-order valence-electron chi connectivity index (χ3n) is 9.92. The smallest absolute Gasteiger partial charge is 0.227 e. The maximum Gasteiger partial charge on any atom is 0.227 e. The van der Waals surface area contributed by atoms with Gasteiger partial charge in [0.25, 0.3) is 0 Å². The van der Waals surface area contributed by atoms with Crippen LogP contribution in [-0.4, -0.2) is 19.9 Å². The van der Waals surface area contributed by atoms with Crippen molar-refractivity contribution in [2.75, 3.05) is 0 Å². The van der Waals surface area contributed by atoms with Crippen molar-refractivity contribution >= 4 is 74.9 Å². The van der Waals surface area contributed by atoms with Gasteiger partial charge >= 0.3 is 0 Å². The molecule has 6 heteroatoms. The quantitative estimate of drug-likeness (QED) is 0.173. The van der Waals surface area contributed by atoms with Crippen LogP contribution in [0.2, 0.25) is 0 Å². The van der Waals surface area contributed by atoms with E-state index in [2.05, 4.69) is 91.0 Å². The van der Waals surface area contributed by atoms with Crippen molar-refractivity contribution in [1.82, 2.24) is 19.9 Å². The molecule has 11 aromatic rings. The molecule has 8 aromatic carbocycles. The minimum Gasteiger partial charge on any atom is -0.435 e. The van der Waals surface area contributed by atoms with Crippen LogP contribution < -0.4 is 0 Å². The van der Waals surface area contributed by atoms with Crippen molar-refractivity contribution in [2.45, 2.75) is 0 Å². The number of rotatable bonds is 4. The van der Waals surface area contributed by atoms with Crippen molar-refractivity contribution in [1.29, 1.82) is 0 Å². The molecule has 52 heavy (non-hydrogen) atoms. The highest BCUT2D eigenvalue weighted by atomic mass is 32.1. The maximum absolute atomic E-state index is 6.53. The molecular weight excluding hydrogens is 657 g/mol. The minimum atomic E-state index is 0.619. The predicted molar refractivity (Wildman–Crippen MR) is 215 cm³/mol. The highest BCUT2D eigenvalue weighted by Gasteiger charge is 2.17. The third kappa shape index (κ3) is 4.62. The van der Waals surface area contributed by atoms with Gasteiger partial charge in [-0.25, -0.2) is 19.9 Å². The lowest BCUT2D eigenvalue weighted by atomic mass is 9.95. The molecular formula is C46H26N4OS. The lowest BCUT2D eigenvalue weighted by molar-refractivity contribution is 0.623. The van der Waals surface area contributed by atoms with Gasteiger partial charge in [-0.05, 0) is 57.9 Å². The number of thiophene rings is 1. The van der Waals surface area contributed by atoms with E-state index in [9.17, 15) is 0 Å². The average molecular weight is 683 g/mol. The summed E-state index contributed by atoms with van der Waals surface area (Å²) in [4.78, 5) is 20.1. The molecule has 0 aliphatic carbocycles. The van der Waals surface area contributed by atoms with E-state index in [1.54, 1.807) is 11.3 Å². The van der Waals surface area contributed by atoms with Gasteiger partial charge in [-0.2, -0.15) is 0 Å². The summed E-state index contributed by atoms with van der Waals surface area (Å²) in [6, 6.07) is 54.7. The van der Waals surface area contributed by atoms with Crippen molar-refractivity contribution < 1.29 is 4.42 Å². The summed E-state index contributed by atoms with van der Waals surface area (Å²) in [6.45, 7) is 0. The molecule has 0 unspecified atom stereocenters. The zero-order chi connectivity index (χ0) is 34.2. The second-order valence-electron chi connectivity index (χ2n) is 13.0. The van der Waals surface area contributed by atoms with Crippen LogP contribution in [0.25, 0.3) is 109 Å². The van der Waals surface area contributed by atoms with Gasteiger partial charge in [0.1, 0.15) is 5.52 Å². The standard InChI is InChI=1S/C46H26N4OS/c1-3-9-29(10-4-1)43-48-44(50-45(49-43)33-20-23-36-35-13-7-8-14-38(35)52-39(36)26-33)32-19-22-34-31(25-32)18-17-27-15-16-28-21-24-37-42(41(28)40(27)34)51-46(47-37)30-11-5-2-6-12-30/h1-26H. The average Bonchev–Trinajstić information content (AvgIpc) is 3.83. The van der Waals surface area contributed by atoms with Gasteiger partial charge in [-0.1, -0.05) is 121 Å². The van der Waals surface area contributed by atoms with Crippen LogP contribution in [0.1, 0.15) is 0 Å². The summed E-state index contributed by atoms with van der Waals surface area (Å²) < 4.78 is 9.02. The maximum atomic E-state index is 6.53. The molecule has 5 nitrogen and oxygen atoms in total. The molecule has 3 aromatic heterocycles. The third-order valence-corrected chi connectivity index (χ3v) is 11.1. The number of oxazole rings is 1. The summed E-state index contributed by atoms with van der Waals surface area (Å²) in [7, 11) is 0. The Hall–Kier alpha value is -6.76. The zero-order valence-corrected chi connectivity index (χ0v) is 28.4. The van der Waals surface area contributed by atoms with E-state index in [0.29, 0.717) is 23.4 Å².